The molecule has 3 heterocycles. The number of furan rings is 1. The van der Waals surface area contributed by atoms with Gasteiger partial charge in [0.25, 0.3) is 5.89 Å². The first-order valence-corrected chi connectivity index (χ1v) is 9.29. The van der Waals surface area contributed by atoms with Gasteiger partial charge in [-0.2, -0.15) is 0 Å². The standard InChI is InChI=1S/C15H10ClN5O2S2/c16-9-3-1-4-10(7-9)17-14-20-21-15(25-14)24-8-12-18-19-13(23-12)11-5-2-6-22-11/h1-7H,8H2,(H,17,20). The lowest BCUT2D eigenvalue weighted by Crippen LogP contribution is -1.88. The third-order valence-corrected chi connectivity index (χ3v) is 5.19. The van der Waals surface area contributed by atoms with Gasteiger partial charge in [-0.05, 0) is 30.3 Å². The van der Waals surface area contributed by atoms with E-state index in [0.717, 1.165) is 10.0 Å². The molecule has 4 rings (SSSR count). The highest BCUT2D eigenvalue weighted by Crippen LogP contribution is 2.30. The smallest absolute Gasteiger partial charge is 0.283 e. The van der Waals surface area contributed by atoms with Crippen LogP contribution in [0.15, 0.2) is 55.8 Å². The molecule has 0 spiro atoms. The quantitative estimate of drug-likeness (QED) is 0.465. The average molecular weight is 392 g/mol. The van der Waals surface area contributed by atoms with Crippen molar-refractivity contribution in [3.8, 4) is 11.7 Å². The normalized spacial score (nSPS) is 10.9. The zero-order valence-corrected chi connectivity index (χ0v) is 14.9. The van der Waals surface area contributed by atoms with Gasteiger partial charge in [0.15, 0.2) is 10.1 Å². The second kappa shape index (κ2) is 7.26. The summed E-state index contributed by atoms with van der Waals surface area (Å²) in [6, 6.07) is 11.0. The molecule has 4 aromatic rings. The maximum atomic E-state index is 5.97. The number of thioether (sulfide) groups is 1. The molecule has 0 unspecified atom stereocenters. The summed E-state index contributed by atoms with van der Waals surface area (Å²) in [4.78, 5) is 0. The van der Waals surface area contributed by atoms with Gasteiger partial charge in [-0.25, -0.2) is 0 Å². The summed E-state index contributed by atoms with van der Waals surface area (Å²) in [5, 5.41) is 20.7. The summed E-state index contributed by atoms with van der Waals surface area (Å²) >= 11 is 8.87. The highest BCUT2D eigenvalue weighted by Gasteiger charge is 2.12. The van der Waals surface area contributed by atoms with Gasteiger partial charge in [0, 0.05) is 10.7 Å². The predicted octanol–water partition coefficient (Wildman–Crippen LogP) is 4.87. The van der Waals surface area contributed by atoms with Crippen LogP contribution < -0.4 is 5.32 Å². The number of rotatable bonds is 6. The van der Waals surface area contributed by atoms with E-state index in [0.29, 0.717) is 33.4 Å². The van der Waals surface area contributed by atoms with Gasteiger partial charge in [0.1, 0.15) is 0 Å². The third-order valence-electron chi connectivity index (χ3n) is 3.00. The third kappa shape index (κ3) is 4.01. The van der Waals surface area contributed by atoms with Crippen LogP contribution in [0.25, 0.3) is 11.7 Å². The van der Waals surface area contributed by atoms with Crippen LogP contribution in [0, 0.1) is 0 Å². The van der Waals surface area contributed by atoms with Crippen LogP contribution in [0.1, 0.15) is 5.89 Å². The second-order valence-corrected chi connectivity index (χ2v) is 7.41. The van der Waals surface area contributed by atoms with Gasteiger partial charge < -0.3 is 14.2 Å². The fourth-order valence-electron chi connectivity index (χ4n) is 1.94. The Morgan fingerprint density at radius 1 is 1.12 bits per heavy atom. The van der Waals surface area contributed by atoms with Crippen molar-refractivity contribution in [1.82, 2.24) is 20.4 Å². The zero-order valence-electron chi connectivity index (χ0n) is 12.5. The summed E-state index contributed by atoms with van der Waals surface area (Å²) in [7, 11) is 0. The Morgan fingerprint density at radius 3 is 2.92 bits per heavy atom. The van der Waals surface area contributed by atoms with E-state index in [-0.39, 0.29) is 0 Å². The molecule has 1 aromatic carbocycles. The van der Waals surface area contributed by atoms with Crippen LogP contribution in [0.4, 0.5) is 10.8 Å². The first-order chi connectivity index (χ1) is 12.3. The Hall–Kier alpha value is -2.36. The monoisotopic (exact) mass is 391 g/mol. The number of nitrogens with one attached hydrogen (secondary N) is 1. The van der Waals surface area contributed by atoms with E-state index in [4.69, 9.17) is 20.4 Å². The summed E-state index contributed by atoms with van der Waals surface area (Å²) in [5.41, 5.74) is 0.861. The van der Waals surface area contributed by atoms with Crippen LogP contribution >= 0.6 is 34.7 Å². The molecule has 0 aliphatic carbocycles. The van der Waals surface area contributed by atoms with E-state index in [1.165, 1.54) is 23.1 Å². The number of benzene rings is 1. The van der Waals surface area contributed by atoms with Crippen molar-refractivity contribution in [3.05, 3.63) is 53.6 Å². The van der Waals surface area contributed by atoms with Crippen LogP contribution in [0.2, 0.25) is 5.02 Å². The molecule has 0 bridgehead atoms. The van der Waals surface area contributed by atoms with Crippen LogP contribution in [-0.4, -0.2) is 20.4 Å². The SMILES string of the molecule is Clc1cccc(Nc2nnc(SCc3nnc(-c4ccco4)o3)s2)c1. The zero-order chi connectivity index (χ0) is 17.1. The van der Waals surface area contributed by atoms with Gasteiger partial charge in [-0.1, -0.05) is 40.8 Å². The molecule has 25 heavy (non-hydrogen) atoms. The van der Waals surface area contributed by atoms with Crippen molar-refractivity contribution in [2.45, 2.75) is 10.1 Å². The van der Waals surface area contributed by atoms with E-state index >= 15 is 0 Å². The van der Waals surface area contributed by atoms with E-state index < -0.39 is 0 Å². The lowest BCUT2D eigenvalue weighted by Gasteiger charge is -2.00. The first kappa shape index (κ1) is 16.1. The lowest BCUT2D eigenvalue weighted by molar-refractivity contribution is 0.494. The molecule has 126 valence electrons. The fourth-order valence-corrected chi connectivity index (χ4v) is 3.74. The predicted molar refractivity (Wildman–Crippen MR) is 96.2 cm³/mol. The average Bonchev–Trinajstić information content (AvgIpc) is 3.34. The molecule has 0 saturated carbocycles. The maximum absolute atomic E-state index is 5.97. The number of hydrogen-bond donors (Lipinski definition) is 1. The van der Waals surface area contributed by atoms with Gasteiger partial charge in [-0.15, -0.1) is 20.4 Å². The van der Waals surface area contributed by atoms with Gasteiger partial charge in [0.05, 0.1) is 12.0 Å². The number of halogens is 1. The topological polar surface area (TPSA) is 89.9 Å². The molecule has 0 aliphatic heterocycles. The Balaban J connectivity index is 1.37. The molecular formula is C15H10ClN5O2S2. The minimum absolute atomic E-state index is 0.362. The molecule has 0 radical (unpaired) electrons. The minimum Gasteiger partial charge on any atom is -0.459 e. The molecule has 0 fully saturated rings. The number of nitrogens with zero attached hydrogens (tertiary/aromatic N) is 4. The van der Waals surface area contributed by atoms with Gasteiger partial charge in [0.2, 0.25) is 11.0 Å². The van der Waals surface area contributed by atoms with Crippen LogP contribution in [0.5, 0.6) is 0 Å². The van der Waals surface area contributed by atoms with Crippen LogP contribution in [-0.2, 0) is 5.75 Å². The molecule has 0 atom stereocenters. The number of hydrogen-bond acceptors (Lipinski definition) is 9. The van der Waals surface area contributed by atoms with Crippen LogP contribution in [0.3, 0.4) is 0 Å². The molecule has 0 saturated heterocycles. The second-order valence-electron chi connectivity index (χ2n) is 4.78. The summed E-state index contributed by atoms with van der Waals surface area (Å²) < 4.78 is 11.6. The summed E-state index contributed by atoms with van der Waals surface area (Å²) in [6.45, 7) is 0. The largest absolute Gasteiger partial charge is 0.459 e. The molecule has 7 nitrogen and oxygen atoms in total. The molecule has 3 aromatic heterocycles. The van der Waals surface area contributed by atoms with Crippen molar-refractivity contribution in [2.24, 2.45) is 0 Å². The Kier molecular flexibility index (Phi) is 4.68. The Labute approximate surface area is 155 Å². The summed E-state index contributed by atoms with van der Waals surface area (Å²) in [5.74, 6) is 1.91. The molecule has 10 heteroatoms. The Morgan fingerprint density at radius 2 is 2.08 bits per heavy atom. The van der Waals surface area contributed by atoms with Gasteiger partial charge >= 0.3 is 0 Å². The van der Waals surface area contributed by atoms with E-state index in [1.807, 2.05) is 24.3 Å². The van der Waals surface area contributed by atoms with Crippen molar-refractivity contribution in [3.63, 3.8) is 0 Å². The molecule has 0 aliphatic rings. The van der Waals surface area contributed by atoms with Gasteiger partial charge in [-0.3, -0.25) is 0 Å². The Bertz CT molecular complexity index is 970. The van der Waals surface area contributed by atoms with Crippen molar-refractivity contribution in [2.75, 3.05) is 5.32 Å². The van der Waals surface area contributed by atoms with E-state index in [1.54, 1.807) is 18.4 Å². The van der Waals surface area contributed by atoms with Crippen molar-refractivity contribution < 1.29 is 8.83 Å². The number of anilines is 2. The highest BCUT2D eigenvalue weighted by molar-refractivity contribution is 8.00. The number of aromatic nitrogens is 4. The molecule has 1 N–H and O–H groups in total. The maximum Gasteiger partial charge on any atom is 0.283 e. The minimum atomic E-state index is 0.362. The van der Waals surface area contributed by atoms with Crippen molar-refractivity contribution >= 4 is 45.5 Å². The van der Waals surface area contributed by atoms with E-state index in [2.05, 4.69) is 25.7 Å². The molecular weight excluding hydrogens is 382 g/mol. The summed E-state index contributed by atoms with van der Waals surface area (Å²) in [6.07, 6.45) is 1.56. The lowest BCUT2D eigenvalue weighted by atomic mass is 10.3. The highest BCUT2D eigenvalue weighted by atomic mass is 35.5. The van der Waals surface area contributed by atoms with E-state index in [9.17, 15) is 0 Å². The first-order valence-electron chi connectivity index (χ1n) is 7.11. The fraction of sp³-hybridized carbons (Fsp3) is 0.0667. The van der Waals surface area contributed by atoms with Crippen molar-refractivity contribution in [1.29, 1.82) is 0 Å². The molecule has 0 amide bonds.